The molecule has 1 unspecified atom stereocenters. The zero-order chi connectivity index (χ0) is 27.6. The van der Waals surface area contributed by atoms with Crippen molar-refractivity contribution >= 4 is 29.1 Å². The Kier molecular flexibility index (Phi) is 7.79. The lowest BCUT2D eigenvalue weighted by Crippen LogP contribution is -2.51. The number of amides is 2. The topological polar surface area (TPSA) is 116 Å². The van der Waals surface area contributed by atoms with E-state index in [2.05, 4.69) is 46.7 Å². The Labute approximate surface area is 233 Å². The van der Waals surface area contributed by atoms with E-state index in [0.717, 1.165) is 43.2 Å². The fourth-order valence-corrected chi connectivity index (χ4v) is 6.12. The molecule has 1 saturated carbocycles. The molecule has 39 heavy (non-hydrogen) atoms. The first-order valence-corrected chi connectivity index (χ1v) is 14.0. The second kappa shape index (κ2) is 11.3. The number of aliphatic imine (C=N–C) groups is 1. The van der Waals surface area contributed by atoms with Crippen molar-refractivity contribution in [2.24, 2.45) is 16.8 Å². The molecule has 0 radical (unpaired) electrons. The van der Waals surface area contributed by atoms with E-state index < -0.39 is 5.66 Å². The summed E-state index contributed by atoms with van der Waals surface area (Å²) in [6.45, 7) is 6.82. The first-order valence-electron chi connectivity index (χ1n) is 13.6. The molecule has 204 valence electrons. The van der Waals surface area contributed by atoms with Crippen LogP contribution < -0.4 is 5.32 Å². The summed E-state index contributed by atoms with van der Waals surface area (Å²) in [7, 11) is 0. The van der Waals surface area contributed by atoms with Crippen LogP contribution in [0.25, 0.3) is 0 Å². The van der Waals surface area contributed by atoms with Crippen molar-refractivity contribution in [2.45, 2.75) is 71.1 Å². The van der Waals surface area contributed by atoms with E-state index in [1.165, 1.54) is 0 Å². The number of hydrogen-bond donors (Lipinski definition) is 2. The summed E-state index contributed by atoms with van der Waals surface area (Å²) in [6.07, 6.45) is 4.45. The van der Waals surface area contributed by atoms with Crippen molar-refractivity contribution in [3.05, 3.63) is 76.1 Å². The van der Waals surface area contributed by atoms with Crippen LogP contribution in [-0.2, 0) is 11.3 Å². The van der Waals surface area contributed by atoms with Crippen LogP contribution in [0.5, 0.6) is 0 Å². The molecule has 5 rings (SSSR count). The first-order chi connectivity index (χ1) is 18.8. The molecule has 0 bridgehead atoms. The van der Waals surface area contributed by atoms with Crippen molar-refractivity contribution in [3.8, 4) is 0 Å². The van der Waals surface area contributed by atoms with Crippen molar-refractivity contribution < 1.29 is 9.59 Å². The number of nitrogens with one attached hydrogen (secondary N) is 2. The molecule has 1 aromatic heterocycles. The summed E-state index contributed by atoms with van der Waals surface area (Å²) in [5.74, 6) is 1.35. The highest BCUT2D eigenvalue weighted by Crippen LogP contribution is 2.47. The van der Waals surface area contributed by atoms with Gasteiger partial charge in [-0.3, -0.25) is 14.6 Å². The number of aromatic amines is 1. The number of H-pyrrole nitrogens is 1. The molecule has 1 spiro atoms. The van der Waals surface area contributed by atoms with Gasteiger partial charge in [-0.2, -0.15) is 5.21 Å². The highest BCUT2D eigenvalue weighted by atomic mass is 35.5. The summed E-state index contributed by atoms with van der Waals surface area (Å²) in [6, 6.07) is 14.7. The van der Waals surface area contributed by atoms with E-state index in [9.17, 15) is 9.59 Å². The molecular formula is C29H34ClN7O2. The Bertz CT molecular complexity index is 1350. The predicted molar refractivity (Wildman–Crippen MR) is 149 cm³/mol. The van der Waals surface area contributed by atoms with Gasteiger partial charge in [0.25, 0.3) is 11.8 Å². The lowest BCUT2D eigenvalue weighted by molar-refractivity contribution is -0.133. The number of benzene rings is 2. The number of carbonyl (C=O) groups excluding carboxylic acids is 2. The molecule has 9 nitrogen and oxygen atoms in total. The van der Waals surface area contributed by atoms with Crippen molar-refractivity contribution in [1.29, 1.82) is 0 Å². The summed E-state index contributed by atoms with van der Waals surface area (Å²) in [4.78, 5) is 34.0. The minimum Gasteiger partial charge on any atom is -0.345 e. The lowest BCUT2D eigenvalue weighted by atomic mass is 9.76. The SMILES string of the molecule is CCC(c1ccc(C(=O)NCc2nn[nH]n2)cc1)N1C(=O)C(c2cccc(Cl)c2)=NC12CCC(C(C)C)CC2. The van der Waals surface area contributed by atoms with Gasteiger partial charge in [-0.1, -0.05) is 61.9 Å². The molecule has 2 amide bonds. The Balaban J connectivity index is 1.42. The average molecular weight is 548 g/mol. The third-order valence-corrected chi connectivity index (χ3v) is 8.35. The minimum atomic E-state index is -0.582. The van der Waals surface area contributed by atoms with E-state index in [0.29, 0.717) is 34.0 Å². The number of tetrazole rings is 1. The molecule has 0 saturated heterocycles. The van der Waals surface area contributed by atoms with Crippen molar-refractivity contribution in [1.82, 2.24) is 30.8 Å². The van der Waals surface area contributed by atoms with Gasteiger partial charge in [-0.05, 0) is 73.8 Å². The van der Waals surface area contributed by atoms with Gasteiger partial charge in [0.1, 0.15) is 11.4 Å². The van der Waals surface area contributed by atoms with Crippen LogP contribution in [0.3, 0.4) is 0 Å². The summed E-state index contributed by atoms with van der Waals surface area (Å²) in [5, 5.41) is 17.0. The van der Waals surface area contributed by atoms with Crippen LogP contribution >= 0.6 is 11.6 Å². The predicted octanol–water partition coefficient (Wildman–Crippen LogP) is 5.11. The molecule has 1 aliphatic carbocycles. The largest absolute Gasteiger partial charge is 0.345 e. The second-order valence-electron chi connectivity index (χ2n) is 10.8. The lowest BCUT2D eigenvalue weighted by Gasteiger charge is -2.46. The third kappa shape index (κ3) is 5.45. The van der Waals surface area contributed by atoms with Crippen molar-refractivity contribution in [3.63, 3.8) is 0 Å². The molecule has 1 atom stereocenters. The molecule has 10 heteroatoms. The van der Waals surface area contributed by atoms with E-state index >= 15 is 0 Å². The number of hydrogen-bond acceptors (Lipinski definition) is 6. The van der Waals surface area contributed by atoms with Gasteiger partial charge < -0.3 is 10.2 Å². The van der Waals surface area contributed by atoms with Gasteiger partial charge in [0.2, 0.25) is 0 Å². The highest BCUT2D eigenvalue weighted by Gasteiger charge is 2.51. The Morgan fingerprint density at radius 3 is 2.54 bits per heavy atom. The van der Waals surface area contributed by atoms with Crippen LogP contribution in [0.2, 0.25) is 5.02 Å². The van der Waals surface area contributed by atoms with E-state index in [1.807, 2.05) is 35.2 Å². The molecule has 3 aromatic rings. The number of carbonyl (C=O) groups is 2. The maximum Gasteiger partial charge on any atom is 0.275 e. The normalized spacial score (nSPS) is 21.9. The van der Waals surface area contributed by atoms with Gasteiger partial charge >= 0.3 is 0 Å². The van der Waals surface area contributed by atoms with Gasteiger partial charge in [0, 0.05) is 16.1 Å². The van der Waals surface area contributed by atoms with Crippen LogP contribution in [0.4, 0.5) is 0 Å². The standard InChI is InChI=1S/C29H34ClN7O2/c1-4-24(20-8-10-21(11-9-20)27(38)31-17-25-33-35-36-34-25)37-28(39)26(22-6-5-7-23(30)16-22)32-29(37)14-12-19(13-15-29)18(2)3/h5-11,16,18-19,24H,4,12-15,17H2,1-3H3,(H,31,38)(H,33,34,35,36). The van der Waals surface area contributed by atoms with Gasteiger partial charge in [0.15, 0.2) is 5.82 Å². The van der Waals surface area contributed by atoms with Crippen LogP contribution in [-0.4, -0.2) is 48.7 Å². The Morgan fingerprint density at radius 1 is 1.18 bits per heavy atom. The fourth-order valence-electron chi connectivity index (χ4n) is 5.93. The van der Waals surface area contributed by atoms with E-state index in [4.69, 9.17) is 16.6 Å². The van der Waals surface area contributed by atoms with E-state index in [1.54, 1.807) is 18.2 Å². The quantitative estimate of drug-likeness (QED) is 0.406. The molecule has 2 N–H and O–H groups in total. The zero-order valence-electron chi connectivity index (χ0n) is 22.5. The first kappa shape index (κ1) is 27.0. The smallest absolute Gasteiger partial charge is 0.275 e. The fraction of sp³-hybridized carbons (Fsp3) is 0.448. The van der Waals surface area contributed by atoms with E-state index in [-0.39, 0.29) is 24.4 Å². The summed E-state index contributed by atoms with van der Waals surface area (Å²) in [5.41, 5.74) is 2.16. The Morgan fingerprint density at radius 2 is 1.92 bits per heavy atom. The maximum atomic E-state index is 14.1. The van der Waals surface area contributed by atoms with Crippen LogP contribution in [0.1, 0.15) is 86.2 Å². The second-order valence-corrected chi connectivity index (χ2v) is 11.2. The van der Waals surface area contributed by atoms with Gasteiger partial charge in [-0.15, -0.1) is 10.2 Å². The zero-order valence-corrected chi connectivity index (χ0v) is 23.3. The number of rotatable bonds is 8. The Hall–Kier alpha value is -3.59. The maximum absolute atomic E-state index is 14.1. The molecule has 1 aliphatic heterocycles. The number of aromatic nitrogens is 4. The van der Waals surface area contributed by atoms with Crippen molar-refractivity contribution in [2.75, 3.05) is 0 Å². The number of nitrogens with zero attached hydrogens (tertiary/aromatic N) is 5. The van der Waals surface area contributed by atoms with Gasteiger partial charge in [-0.25, -0.2) is 0 Å². The minimum absolute atomic E-state index is 0.0611. The van der Waals surface area contributed by atoms with Crippen LogP contribution in [0, 0.1) is 11.8 Å². The molecule has 2 heterocycles. The monoisotopic (exact) mass is 547 g/mol. The molecule has 2 aliphatic rings. The molecule has 1 fully saturated rings. The third-order valence-electron chi connectivity index (χ3n) is 8.11. The highest BCUT2D eigenvalue weighted by molar-refractivity contribution is 6.47. The summed E-state index contributed by atoms with van der Waals surface area (Å²) < 4.78 is 0. The summed E-state index contributed by atoms with van der Waals surface area (Å²) >= 11 is 6.29. The average Bonchev–Trinajstić information content (AvgIpc) is 3.56. The number of halogens is 1. The van der Waals surface area contributed by atoms with Gasteiger partial charge in [0.05, 0.1) is 12.6 Å². The molecule has 2 aromatic carbocycles. The van der Waals surface area contributed by atoms with Crippen LogP contribution in [0.15, 0.2) is 53.5 Å². The molecular weight excluding hydrogens is 514 g/mol.